The third-order valence-electron chi connectivity index (χ3n) is 7.44. The van der Waals surface area contributed by atoms with Gasteiger partial charge in [-0.15, -0.1) is 0 Å². The van der Waals surface area contributed by atoms with Gasteiger partial charge < -0.3 is 14.1 Å². The molecule has 35 heavy (non-hydrogen) atoms. The van der Waals surface area contributed by atoms with Gasteiger partial charge in [0.25, 0.3) is 0 Å². The van der Waals surface area contributed by atoms with Crippen LogP contribution in [0.1, 0.15) is 60.8 Å². The standard InChI is InChI=1S/C27H35F2NO4Si/c1-17-19-10-8-11-20(26(32)33-5)21(19)14-18(16-34-35(6,7)27(2,3)4)30(17)25(31)15-22-23(28)12-9-13-24(22)29/h8-13,17-18H,14-16H2,1-7H3/t17-,18+/m0/s1. The molecule has 0 saturated heterocycles. The molecule has 1 heterocycles. The summed E-state index contributed by atoms with van der Waals surface area (Å²) in [6.45, 7) is 12.8. The van der Waals surface area contributed by atoms with Crippen LogP contribution in [0.15, 0.2) is 36.4 Å². The molecule has 0 unspecified atom stereocenters. The van der Waals surface area contributed by atoms with Crippen molar-refractivity contribution >= 4 is 20.2 Å². The molecule has 0 spiro atoms. The highest BCUT2D eigenvalue weighted by Crippen LogP contribution is 2.39. The van der Waals surface area contributed by atoms with E-state index in [1.165, 1.54) is 13.2 Å². The highest BCUT2D eigenvalue weighted by Gasteiger charge is 2.41. The van der Waals surface area contributed by atoms with Crippen molar-refractivity contribution in [2.75, 3.05) is 13.7 Å². The molecule has 8 heteroatoms. The topological polar surface area (TPSA) is 55.8 Å². The van der Waals surface area contributed by atoms with Gasteiger partial charge in [-0.05, 0) is 60.8 Å². The van der Waals surface area contributed by atoms with Crippen LogP contribution in [0.2, 0.25) is 18.1 Å². The fourth-order valence-electron chi connectivity index (χ4n) is 4.35. The zero-order valence-corrected chi connectivity index (χ0v) is 22.6. The smallest absolute Gasteiger partial charge is 0.338 e. The fourth-order valence-corrected chi connectivity index (χ4v) is 5.39. The van der Waals surface area contributed by atoms with Crippen molar-refractivity contribution in [1.82, 2.24) is 4.90 Å². The van der Waals surface area contributed by atoms with Crippen molar-refractivity contribution in [3.05, 3.63) is 70.3 Å². The Kier molecular flexibility index (Phi) is 7.86. The van der Waals surface area contributed by atoms with Gasteiger partial charge in [-0.25, -0.2) is 13.6 Å². The van der Waals surface area contributed by atoms with Gasteiger partial charge in [0.15, 0.2) is 8.32 Å². The maximum Gasteiger partial charge on any atom is 0.338 e. The molecule has 0 aliphatic carbocycles. The summed E-state index contributed by atoms with van der Waals surface area (Å²) < 4.78 is 40.2. The first kappa shape index (κ1) is 27.0. The quantitative estimate of drug-likeness (QED) is 0.368. The van der Waals surface area contributed by atoms with Crippen LogP contribution >= 0.6 is 0 Å². The van der Waals surface area contributed by atoms with E-state index in [4.69, 9.17) is 9.16 Å². The number of carbonyl (C=O) groups is 2. The first-order valence-corrected chi connectivity index (χ1v) is 14.8. The number of ether oxygens (including phenoxy) is 1. The minimum absolute atomic E-state index is 0.0342. The zero-order chi connectivity index (χ0) is 26.1. The van der Waals surface area contributed by atoms with E-state index in [0.717, 1.165) is 23.3 Å². The summed E-state index contributed by atoms with van der Waals surface area (Å²) >= 11 is 0. The first-order chi connectivity index (χ1) is 16.3. The lowest BCUT2D eigenvalue weighted by molar-refractivity contribution is -0.137. The molecule has 0 bridgehead atoms. The van der Waals surface area contributed by atoms with Crippen molar-refractivity contribution in [2.45, 2.75) is 70.8 Å². The van der Waals surface area contributed by atoms with Crippen molar-refractivity contribution in [3.8, 4) is 0 Å². The molecule has 5 nitrogen and oxygen atoms in total. The summed E-state index contributed by atoms with van der Waals surface area (Å²) in [4.78, 5) is 27.7. The Bertz CT molecular complexity index is 1090. The molecular formula is C27H35F2NO4Si. The second kappa shape index (κ2) is 10.2. The molecule has 2 aromatic rings. The Labute approximate surface area is 207 Å². The zero-order valence-electron chi connectivity index (χ0n) is 21.6. The lowest BCUT2D eigenvalue weighted by Crippen LogP contribution is -2.52. The summed E-state index contributed by atoms with van der Waals surface area (Å²) in [5.41, 5.74) is 1.85. The molecule has 0 fully saturated rings. The van der Waals surface area contributed by atoms with E-state index in [1.807, 2.05) is 13.0 Å². The molecular weight excluding hydrogens is 468 g/mol. The number of nitrogens with zero attached hydrogens (tertiary/aromatic N) is 1. The molecule has 0 aromatic heterocycles. The Morgan fingerprint density at radius 1 is 1.09 bits per heavy atom. The summed E-state index contributed by atoms with van der Waals surface area (Å²) in [5.74, 6) is -2.32. The molecule has 1 aliphatic rings. The molecule has 190 valence electrons. The number of halogens is 2. The summed E-state index contributed by atoms with van der Waals surface area (Å²) in [7, 11) is -0.813. The normalized spacial score (nSPS) is 18.3. The number of fused-ring (bicyclic) bond motifs is 1. The second-order valence-electron chi connectivity index (χ2n) is 10.6. The van der Waals surface area contributed by atoms with Gasteiger partial charge in [0, 0.05) is 5.56 Å². The molecule has 2 aromatic carbocycles. The van der Waals surface area contributed by atoms with Gasteiger partial charge in [-0.1, -0.05) is 39.0 Å². The van der Waals surface area contributed by atoms with Gasteiger partial charge in [-0.2, -0.15) is 0 Å². The van der Waals surface area contributed by atoms with Crippen LogP contribution in [-0.2, 0) is 26.8 Å². The van der Waals surface area contributed by atoms with E-state index in [0.29, 0.717) is 12.0 Å². The average molecular weight is 504 g/mol. The number of esters is 1. The predicted molar refractivity (Wildman–Crippen MR) is 134 cm³/mol. The Morgan fingerprint density at radius 2 is 1.69 bits per heavy atom. The molecule has 1 amide bonds. The number of carbonyl (C=O) groups excluding carboxylic acids is 2. The van der Waals surface area contributed by atoms with Gasteiger partial charge in [-0.3, -0.25) is 4.79 Å². The maximum absolute atomic E-state index is 14.3. The minimum atomic E-state index is -2.15. The lowest BCUT2D eigenvalue weighted by atomic mass is 9.85. The minimum Gasteiger partial charge on any atom is -0.465 e. The Hall–Kier alpha value is -2.58. The summed E-state index contributed by atoms with van der Waals surface area (Å²) in [6, 6.07) is 8.12. The lowest BCUT2D eigenvalue weighted by Gasteiger charge is -2.44. The van der Waals surface area contributed by atoms with Gasteiger partial charge in [0.1, 0.15) is 11.6 Å². The molecule has 2 atom stereocenters. The third kappa shape index (κ3) is 5.48. The van der Waals surface area contributed by atoms with Crippen molar-refractivity contribution in [2.24, 2.45) is 0 Å². The monoisotopic (exact) mass is 503 g/mol. The van der Waals surface area contributed by atoms with Crippen LogP contribution in [0.4, 0.5) is 8.78 Å². The number of methoxy groups -OCH3 is 1. The van der Waals surface area contributed by atoms with Crippen molar-refractivity contribution in [1.29, 1.82) is 0 Å². The molecule has 0 N–H and O–H groups in total. The second-order valence-corrected chi connectivity index (χ2v) is 15.5. The van der Waals surface area contributed by atoms with Crippen LogP contribution in [0.25, 0.3) is 0 Å². The maximum atomic E-state index is 14.3. The van der Waals surface area contributed by atoms with Gasteiger partial charge >= 0.3 is 5.97 Å². The van der Waals surface area contributed by atoms with Crippen molar-refractivity contribution in [3.63, 3.8) is 0 Å². The number of hydrogen-bond acceptors (Lipinski definition) is 4. The number of hydrogen-bond donors (Lipinski definition) is 0. The highest BCUT2D eigenvalue weighted by molar-refractivity contribution is 6.74. The molecule has 0 saturated carbocycles. The van der Waals surface area contributed by atoms with Crippen LogP contribution in [0.5, 0.6) is 0 Å². The average Bonchev–Trinajstić information content (AvgIpc) is 2.78. The molecule has 3 rings (SSSR count). The number of rotatable bonds is 6. The van der Waals surface area contributed by atoms with Crippen LogP contribution in [-0.4, -0.2) is 44.9 Å². The highest BCUT2D eigenvalue weighted by atomic mass is 28.4. The van der Waals surface area contributed by atoms with Crippen LogP contribution in [0, 0.1) is 11.6 Å². The summed E-state index contributed by atoms with van der Waals surface area (Å²) in [5, 5.41) is -0.0342. The van der Waals surface area contributed by atoms with E-state index in [2.05, 4.69) is 33.9 Å². The summed E-state index contributed by atoms with van der Waals surface area (Å²) in [6.07, 6.45) is -0.0173. The van der Waals surface area contributed by atoms with E-state index in [1.54, 1.807) is 17.0 Å². The van der Waals surface area contributed by atoms with Crippen molar-refractivity contribution < 1.29 is 27.5 Å². The van der Waals surface area contributed by atoms with Crippen LogP contribution < -0.4 is 0 Å². The Balaban J connectivity index is 2.01. The van der Waals surface area contributed by atoms with E-state index < -0.39 is 44.4 Å². The van der Waals surface area contributed by atoms with Crippen LogP contribution in [0.3, 0.4) is 0 Å². The molecule has 0 radical (unpaired) electrons. The first-order valence-electron chi connectivity index (χ1n) is 11.9. The fraction of sp³-hybridized carbons (Fsp3) is 0.481. The number of benzene rings is 2. The largest absolute Gasteiger partial charge is 0.465 e. The SMILES string of the molecule is COC(=O)c1cccc2c1C[C@H](CO[Si](C)(C)C(C)(C)C)N(C(=O)Cc1c(F)cccc1F)[C@H]2C. The third-order valence-corrected chi connectivity index (χ3v) is 11.9. The van der Waals surface area contributed by atoms with E-state index >= 15 is 0 Å². The van der Waals surface area contributed by atoms with E-state index in [-0.39, 0.29) is 23.1 Å². The van der Waals surface area contributed by atoms with Gasteiger partial charge in [0.2, 0.25) is 5.91 Å². The predicted octanol–water partition coefficient (Wildman–Crippen LogP) is 5.83. The Morgan fingerprint density at radius 3 is 2.26 bits per heavy atom. The van der Waals surface area contributed by atoms with Gasteiger partial charge in [0.05, 0.1) is 37.8 Å². The molecule has 1 aliphatic heterocycles. The number of amides is 1. The van der Waals surface area contributed by atoms with E-state index in [9.17, 15) is 18.4 Å².